The molecule has 0 aromatic carbocycles. The van der Waals surface area contributed by atoms with Crippen molar-refractivity contribution in [1.29, 1.82) is 5.26 Å². The van der Waals surface area contributed by atoms with Gasteiger partial charge in [0.05, 0.1) is 12.0 Å². The van der Waals surface area contributed by atoms with Crippen LogP contribution in [0, 0.1) is 18.3 Å². The molecule has 90 valence electrons. The van der Waals surface area contributed by atoms with E-state index < -0.39 is 0 Å². The zero-order valence-electron chi connectivity index (χ0n) is 9.80. The number of amides is 1. The molecule has 2 aromatic rings. The maximum absolute atomic E-state index is 11.8. The van der Waals surface area contributed by atoms with E-state index in [1.54, 1.807) is 23.5 Å². The summed E-state index contributed by atoms with van der Waals surface area (Å²) in [5.41, 5.74) is 1.60. The van der Waals surface area contributed by atoms with Crippen molar-refractivity contribution in [2.24, 2.45) is 0 Å². The summed E-state index contributed by atoms with van der Waals surface area (Å²) in [6.45, 7) is 1.99. The highest BCUT2D eigenvalue weighted by Gasteiger charge is 2.08. The third-order valence-electron chi connectivity index (χ3n) is 2.45. The van der Waals surface area contributed by atoms with E-state index >= 15 is 0 Å². The van der Waals surface area contributed by atoms with Crippen LogP contribution in [0.1, 0.15) is 16.0 Å². The fourth-order valence-corrected chi connectivity index (χ4v) is 2.36. The van der Waals surface area contributed by atoms with Crippen LogP contribution in [0.4, 0.5) is 5.82 Å². The van der Waals surface area contributed by atoms with Gasteiger partial charge >= 0.3 is 0 Å². The summed E-state index contributed by atoms with van der Waals surface area (Å²) in [5, 5.41) is 13.3. The molecule has 1 amide bonds. The molecule has 2 rings (SSSR count). The molecule has 0 aliphatic heterocycles. The number of pyridine rings is 1. The summed E-state index contributed by atoms with van der Waals surface area (Å²) in [6.07, 6.45) is 1.79. The van der Waals surface area contributed by atoms with E-state index in [0.29, 0.717) is 17.8 Å². The van der Waals surface area contributed by atoms with Crippen LogP contribution in [-0.4, -0.2) is 10.9 Å². The minimum Gasteiger partial charge on any atom is -0.310 e. The maximum atomic E-state index is 11.8. The number of hydrogen-bond acceptors (Lipinski definition) is 4. The lowest BCUT2D eigenvalue weighted by atomic mass is 10.2. The highest BCUT2D eigenvalue weighted by Crippen LogP contribution is 2.16. The number of nitrogens with one attached hydrogen (secondary N) is 1. The number of thiophene rings is 1. The lowest BCUT2D eigenvalue weighted by Crippen LogP contribution is -2.15. The van der Waals surface area contributed by atoms with Crippen molar-refractivity contribution in [1.82, 2.24) is 4.98 Å². The molecule has 0 aliphatic carbocycles. The number of hydrogen-bond donors (Lipinski definition) is 1. The lowest BCUT2D eigenvalue weighted by molar-refractivity contribution is -0.115. The van der Waals surface area contributed by atoms with Gasteiger partial charge in [-0.05, 0) is 36.1 Å². The minimum absolute atomic E-state index is 0.0993. The van der Waals surface area contributed by atoms with Gasteiger partial charge in [-0.2, -0.15) is 5.26 Å². The fourth-order valence-electron chi connectivity index (χ4n) is 1.45. The highest BCUT2D eigenvalue weighted by atomic mass is 32.1. The fraction of sp³-hybridized carbons (Fsp3) is 0.154. The zero-order valence-corrected chi connectivity index (χ0v) is 10.6. The van der Waals surface area contributed by atoms with Gasteiger partial charge in [-0.15, -0.1) is 11.3 Å². The second-order valence-corrected chi connectivity index (χ2v) is 4.80. The van der Waals surface area contributed by atoms with Gasteiger partial charge in [0.15, 0.2) is 0 Å². The smallest absolute Gasteiger partial charge is 0.230 e. The molecule has 0 saturated heterocycles. The Balaban J connectivity index is 1.99. The number of rotatable bonds is 3. The van der Waals surface area contributed by atoms with E-state index in [4.69, 9.17) is 5.26 Å². The van der Waals surface area contributed by atoms with Crippen molar-refractivity contribution in [3.63, 3.8) is 0 Å². The van der Waals surface area contributed by atoms with Crippen LogP contribution in [0.5, 0.6) is 0 Å². The second-order valence-electron chi connectivity index (χ2n) is 3.80. The highest BCUT2D eigenvalue weighted by molar-refractivity contribution is 7.10. The van der Waals surface area contributed by atoms with Crippen molar-refractivity contribution in [3.05, 3.63) is 45.8 Å². The van der Waals surface area contributed by atoms with Gasteiger partial charge < -0.3 is 5.32 Å². The summed E-state index contributed by atoms with van der Waals surface area (Å²) in [7, 11) is 0. The molecule has 0 radical (unpaired) electrons. The van der Waals surface area contributed by atoms with Crippen LogP contribution in [0.3, 0.4) is 0 Å². The van der Waals surface area contributed by atoms with Crippen LogP contribution < -0.4 is 5.32 Å². The number of carbonyl (C=O) groups excluding carboxylic acids is 1. The Labute approximate surface area is 109 Å². The summed E-state index contributed by atoms with van der Waals surface area (Å²) in [4.78, 5) is 16.8. The first kappa shape index (κ1) is 12.3. The quantitative estimate of drug-likeness (QED) is 0.918. The average molecular weight is 257 g/mol. The topological polar surface area (TPSA) is 65.8 Å². The molecule has 18 heavy (non-hydrogen) atoms. The first-order valence-corrected chi connectivity index (χ1v) is 6.26. The van der Waals surface area contributed by atoms with Crippen molar-refractivity contribution in [2.45, 2.75) is 13.3 Å². The number of aryl methyl sites for hydroxylation is 1. The molecule has 0 unspecified atom stereocenters. The van der Waals surface area contributed by atoms with Crippen LogP contribution in [0.25, 0.3) is 0 Å². The monoisotopic (exact) mass is 257 g/mol. The zero-order chi connectivity index (χ0) is 13.0. The van der Waals surface area contributed by atoms with E-state index in [1.807, 2.05) is 24.4 Å². The average Bonchev–Trinajstić information content (AvgIpc) is 2.76. The molecule has 1 N–H and O–H groups in total. The molecule has 4 nitrogen and oxygen atoms in total. The molecule has 2 heterocycles. The van der Waals surface area contributed by atoms with Gasteiger partial charge in [0.2, 0.25) is 5.91 Å². The summed E-state index contributed by atoms with van der Waals surface area (Å²) >= 11 is 1.57. The molecule has 0 bridgehead atoms. The molecule has 0 saturated carbocycles. The largest absolute Gasteiger partial charge is 0.310 e. The van der Waals surface area contributed by atoms with Crippen molar-refractivity contribution >= 4 is 23.1 Å². The number of nitrogens with zero attached hydrogens (tertiary/aromatic N) is 2. The van der Waals surface area contributed by atoms with Crippen LogP contribution >= 0.6 is 11.3 Å². The summed E-state index contributed by atoms with van der Waals surface area (Å²) < 4.78 is 0. The number of aromatic nitrogens is 1. The van der Waals surface area contributed by atoms with Crippen LogP contribution in [0.2, 0.25) is 0 Å². The van der Waals surface area contributed by atoms with Crippen molar-refractivity contribution in [2.75, 3.05) is 5.32 Å². The van der Waals surface area contributed by atoms with E-state index in [1.165, 1.54) is 6.20 Å². The second kappa shape index (κ2) is 5.43. The van der Waals surface area contributed by atoms with Gasteiger partial charge in [0, 0.05) is 11.1 Å². The third kappa shape index (κ3) is 2.93. The van der Waals surface area contributed by atoms with Gasteiger partial charge in [-0.25, -0.2) is 4.98 Å². The van der Waals surface area contributed by atoms with Crippen molar-refractivity contribution < 1.29 is 4.79 Å². The summed E-state index contributed by atoms with van der Waals surface area (Å²) in [5.74, 6) is 0.367. The minimum atomic E-state index is -0.0993. The normalized spacial score (nSPS) is 9.78. The van der Waals surface area contributed by atoms with E-state index in [2.05, 4.69) is 10.3 Å². The molecule has 0 atom stereocenters. The number of anilines is 1. The Morgan fingerprint density at radius 3 is 2.89 bits per heavy atom. The number of nitriles is 1. The molecular formula is C13H11N3OS. The van der Waals surface area contributed by atoms with E-state index in [-0.39, 0.29) is 5.91 Å². The van der Waals surface area contributed by atoms with Gasteiger partial charge in [0.1, 0.15) is 11.9 Å². The Morgan fingerprint density at radius 2 is 2.33 bits per heavy atom. The molecule has 5 heteroatoms. The first-order valence-electron chi connectivity index (χ1n) is 5.38. The van der Waals surface area contributed by atoms with Crippen LogP contribution in [-0.2, 0) is 11.2 Å². The number of carbonyl (C=O) groups is 1. The van der Waals surface area contributed by atoms with Gasteiger partial charge in [-0.1, -0.05) is 0 Å². The third-order valence-corrected chi connectivity index (χ3v) is 3.47. The Morgan fingerprint density at radius 1 is 1.50 bits per heavy atom. The molecule has 0 spiro atoms. The molecule has 2 aromatic heterocycles. The summed E-state index contributed by atoms with van der Waals surface area (Å²) in [6, 6.07) is 7.22. The molecular weight excluding hydrogens is 246 g/mol. The predicted molar refractivity (Wildman–Crippen MR) is 70.3 cm³/mol. The Bertz CT molecular complexity index is 595. The van der Waals surface area contributed by atoms with Gasteiger partial charge in [0.25, 0.3) is 0 Å². The standard InChI is InChI=1S/C13H11N3OS/c1-9-4-5-18-11(9)6-13(17)16-12-3-2-10(7-14)8-15-12/h2-5,8H,6H2,1H3,(H,15,16,17). The maximum Gasteiger partial charge on any atom is 0.230 e. The Hall–Kier alpha value is -2.19. The van der Waals surface area contributed by atoms with Crippen LogP contribution in [0.15, 0.2) is 29.8 Å². The van der Waals surface area contributed by atoms with E-state index in [0.717, 1.165) is 10.4 Å². The Kier molecular flexibility index (Phi) is 3.70. The molecule has 0 fully saturated rings. The lowest BCUT2D eigenvalue weighted by Gasteiger charge is -2.03. The SMILES string of the molecule is Cc1ccsc1CC(=O)Nc1ccc(C#N)cn1. The van der Waals surface area contributed by atoms with Gasteiger partial charge in [-0.3, -0.25) is 4.79 Å². The molecule has 0 aliphatic rings. The predicted octanol–water partition coefficient (Wildman–Crippen LogP) is 2.50. The first-order chi connectivity index (χ1) is 8.69. The van der Waals surface area contributed by atoms with Crippen molar-refractivity contribution in [3.8, 4) is 6.07 Å². The van der Waals surface area contributed by atoms with E-state index in [9.17, 15) is 4.79 Å².